The minimum Gasteiger partial charge on any atom is -0.481 e. The highest BCUT2D eigenvalue weighted by atomic mass is 16.4. The molecule has 2 aliphatic rings. The summed E-state index contributed by atoms with van der Waals surface area (Å²) < 4.78 is 0. The highest BCUT2D eigenvalue weighted by molar-refractivity contribution is 5.71. The monoisotopic (exact) mass is 538 g/mol. The molecule has 5 nitrogen and oxygen atoms in total. The van der Waals surface area contributed by atoms with Gasteiger partial charge >= 0.3 is 5.97 Å². The first kappa shape index (κ1) is 31.6. The van der Waals surface area contributed by atoms with Gasteiger partial charge in [-0.25, -0.2) is 0 Å². The van der Waals surface area contributed by atoms with Crippen LogP contribution in [-0.2, 0) is 11.2 Å². The molecule has 39 heavy (non-hydrogen) atoms. The number of carbonyl (C=O) groups is 1. The SMILES string of the molecule is CNC[C@@]1(CCC/C=C\CCC2CCCCC2)C=C[C@@H](Cc2ccccc2)[C@H]([C@H](C(=O)O)[C@H](C)O)[C@H]1CCN. The van der Waals surface area contributed by atoms with E-state index in [9.17, 15) is 15.0 Å². The normalized spacial score (nSPS) is 27.5. The Morgan fingerprint density at radius 2 is 1.85 bits per heavy atom. The Labute approximate surface area is 237 Å². The van der Waals surface area contributed by atoms with Gasteiger partial charge in [-0.15, -0.1) is 0 Å². The summed E-state index contributed by atoms with van der Waals surface area (Å²) in [7, 11) is 1.98. The summed E-state index contributed by atoms with van der Waals surface area (Å²) in [6, 6.07) is 10.3. The van der Waals surface area contributed by atoms with Gasteiger partial charge in [-0.1, -0.05) is 86.7 Å². The molecule has 2 aliphatic carbocycles. The minimum atomic E-state index is -0.933. The van der Waals surface area contributed by atoms with Crippen molar-refractivity contribution in [2.45, 2.75) is 90.1 Å². The second kappa shape index (κ2) is 16.3. The Morgan fingerprint density at radius 3 is 2.49 bits per heavy atom. The molecule has 5 heteroatoms. The molecule has 1 aromatic rings. The van der Waals surface area contributed by atoms with E-state index >= 15 is 0 Å². The van der Waals surface area contributed by atoms with Crippen molar-refractivity contribution in [3.05, 3.63) is 60.2 Å². The van der Waals surface area contributed by atoms with E-state index in [1.807, 2.05) is 25.2 Å². The van der Waals surface area contributed by atoms with E-state index in [0.29, 0.717) is 6.54 Å². The van der Waals surface area contributed by atoms with E-state index in [-0.39, 0.29) is 23.2 Å². The first-order valence-electron chi connectivity index (χ1n) is 15.6. The second-order valence-electron chi connectivity index (χ2n) is 12.3. The van der Waals surface area contributed by atoms with Gasteiger partial charge in [0.05, 0.1) is 12.0 Å². The number of hydrogen-bond donors (Lipinski definition) is 4. The van der Waals surface area contributed by atoms with Crippen LogP contribution in [0.4, 0.5) is 0 Å². The molecule has 0 amide bonds. The Balaban J connectivity index is 1.78. The van der Waals surface area contributed by atoms with Crippen molar-refractivity contribution in [3.8, 4) is 0 Å². The van der Waals surface area contributed by atoms with Crippen LogP contribution in [0.3, 0.4) is 0 Å². The number of benzene rings is 1. The average Bonchev–Trinajstić information content (AvgIpc) is 2.92. The van der Waals surface area contributed by atoms with Gasteiger partial charge in [0, 0.05) is 12.0 Å². The van der Waals surface area contributed by atoms with Crippen molar-refractivity contribution in [3.63, 3.8) is 0 Å². The lowest BCUT2D eigenvalue weighted by atomic mass is 9.54. The number of aliphatic carboxylic acids is 1. The first-order chi connectivity index (χ1) is 18.9. The topological polar surface area (TPSA) is 95.6 Å². The number of allylic oxidation sites excluding steroid dienone is 3. The molecular weight excluding hydrogens is 484 g/mol. The third-order valence-corrected chi connectivity index (χ3v) is 9.54. The van der Waals surface area contributed by atoms with Crippen molar-refractivity contribution in [2.24, 2.45) is 40.7 Å². The fourth-order valence-electron chi connectivity index (χ4n) is 7.68. The van der Waals surface area contributed by atoms with Crippen molar-refractivity contribution < 1.29 is 15.0 Å². The fraction of sp³-hybridized carbons (Fsp3) is 0.676. The third-order valence-electron chi connectivity index (χ3n) is 9.54. The van der Waals surface area contributed by atoms with Crippen LogP contribution in [0.2, 0.25) is 0 Å². The van der Waals surface area contributed by atoms with Gasteiger partial charge in [-0.3, -0.25) is 4.79 Å². The zero-order chi connectivity index (χ0) is 28.1. The van der Waals surface area contributed by atoms with E-state index in [4.69, 9.17) is 5.73 Å². The highest BCUT2D eigenvalue weighted by Crippen LogP contribution is 2.51. The lowest BCUT2D eigenvalue weighted by Crippen LogP contribution is -2.52. The zero-order valence-electron chi connectivity index (χ0n) is 24.4. The van der Waals surface area contributed by atoms with E-state index in [2.05, 4.69) is 41.8 Å². The summed E-state index contributed by atoms with van der Waals surface area (Å²) in [5.74, 6) is -0.927. The number of nitrogens with two attached hydrogens (primary N) is 1. The quantitative estimate of drug-likeness (QED) is 0.145. The standard InChI is InChI=1S/C34H54N2O3/c1-26(37)31(33(38)39)32-29(24-28-17-11-7-12-18-28)19-22-34(25-36-2,30(32)20-23-35)21-13-5-3-4-8-14-27-15-9-6-10-16-27/h3-4,7,11-12,17-19,22,26-27,29-32,36-37H,5-6,8-10,13-16,20-21,23-25,35H2,1-2H3,(H,38,39)/b4-3-/t26-,29-,30+,31+,32-,34+/m0/s1. The molecule has 0 saturated heterocycles. The molecule has 1 saturated carbocycles. The molecule has 0 heterocycles. The molecule has 6 atom stereocenters. The molecule has 3 rings (SSSR count). The van der Waals surface area contributed by atoms with Gasteiger partial charge in [-0.2, -0.15) is 0 Å². The molecule has 0 radical (unpaired) electrons. The maximum atomic E-state index is 12.6. The molecule has 0 unspecified atom stereocenters. The smallest absolute Gasteiger partial charge is 0.309 e. The van der Waals surface area contributed by atoms with E-state index < -0.39 is 18.0 Å². The summed E-state index contributed by atoms with van der Waals surface area (Å²) in [5, 5.41) is 24.5. The van der Waals surface area contributed by atoms with Gasteiger partial charge in [-0.05, 0) is 94.7 Å². The molecule has 218 valence electrons. The van der Waals surface area contributed by atoms with E-state index in [1.165, 1.54) is 50.5 Å². The number of aliphatic hydroxyl groups excluding tert-OH is 1. The summed E-state index contributed by atoms with van der Waals surface area (Å²) in [6.45, 7) is 2.92. The number of hydrogen-bond acceptors (Lipinski definition) is 4. The van der Waals surface area contributed by atoms with Crippen molar-refractivity contribution in [1.82, 2.24) is 5.32 Å². The maximum absolute atomic E-state index is 12.6. The Bertz CT molecular complexity index is 893. The number of carboxylic acids is 1. The number of unbranched alkanes of at least 4 members (excludes halogenated alkanes) is 1. The molecule has 1 fully saturated rings. The maximum Gasteiger partial charge on any atom is 0.309 e. The molecular formula is C34H54N2O3. The van der Waals surface area contributed by atoms with Crippen molar-refractivity contribution in [1.29, 1.82) is 0 Å². The number of rotatable bonds is 16. The van der Waals surface area contributed by atoms with Crippen molar-refractivity contribution in [2.75, 3.05) is 20.1 Å². The highest BCUT2D eigenvalue weighted by Gasteiger charge is 2.50. The lowest BCUT2D eigenvalue weighted by molar-refractivity contribution is -0.152. The zero-order valence-corrected chi connectivity index (χ0v) is 24.4. The van der Waals surface area contributed by atoms with E-state index in [0.717, 1.165) is 44.6 Å². The van der Waals surface area contributed by atoms with Crippen molar-refractivity contribution >= 4 is 5.97 Å². The Kier molecular flexibility index (Phi) is 13.2. The number of aliphatic hydroxyl groups is 1. The van der Waals surface area contributed by atoms with Crippen LogP contribution in [0.1, 0.15) is 83.1 Å². The molecule has 5 N–H and O–H groups in total. The molecule has 1 aromatic carbocycles. The van der Waals surface area contributed by atoms with Crippen LogP contribution in [0.5, 0.6) is 0 Å². The molecule has 0 aromatic heterocycles. The van der Waals surface area contributed by atoms with Gasteiger partial charge in [0.2, 0.25) is 0 Å². The van der Waals surface area contributed by atoms with Crippen LogP contribution in [-0.4, -0.2) is 42.4 Å². The summed E-state index contributed by atoms with van der Waals surface area (Å²) in [5.41, 5.74) is 7.20. The van der Waals surface area contributed by atoms with Crippen LogP contribution in [0.25, 0.3) is 0 Å². The average molecular weight is 539 g/mol. The Morgan fingerprint density at radius 1 is 1.13 bits per heavy atom. The molecule has 0 spiro atoms. The Hall–Kier alpha value is -1.95. The van der Waals surface area contributed by atoms with Crippen LogP contribution in [0, 0.1) is 35.0 Å². The predicted molar refractivity (Wildman–Crippen MR) is 161 cm³/mol. The third kappa shape index (κ3) is 9.03. The largest absolute Gasteiger partial charge is 0.481 e. The molecule has 0 aliphatic heterocycles. The number of nitrogens with one attached hydrogen (secondary N) is 1. The van der Waals surface area contributed by atoms with Crippen LogP contribution in [0.15, 0.2) is 54.6 Å². The first-order valence-corrected chi connectivity index (χ1v) is 15.6. The minimum absolute atomic E-state index is 0.0318. The summed E-state index contributed by atoms with van der Waals surface area (Å²) in [6.07, 6.45) is 22.6. The van der Waals surface area contributed by atoms with Crippen LogP contribution >= 0.6 is 0 Å². The summed E-state index contributed by atoms with van der Waals surface area (Å²) >= 11 is 0. The van der Waals surface area contributed by atoms with Gasteiger partial charge < -0.3 is 21.3 Å². The van der Waals surface area contributed by atoms with Gasteiger partial charge in [0.1, 0.15) is 0 Å². The predicted octanol–water partition coefficient (Wildman–Crippen LogP) is 6.37. The summed E-state index contributed by atoms with van der Waals surface area (Å²) in [4.78, 5) is 12.6. The van der Waals surface area contributed by atoms with Crippen LogP contribution < -0.4 is 11.1 Å². The van der Waals surface area contributed by atoms with E-state index in [1.54, 1.807) is 6.92 Å². The molecule has 0 bridgehead atoms. The van der Waals surface area contributed by atoms with Gasteiger partial charge in [0.25, 0.3) is 0 Å². The van der Waals surface area contributed by atoms with Gasteiger partial charge in [0.15, 0.2) is 0 Å². The fourth-order valence-corrected chi connectivity index (χ4v) is 7.68. The second-order valence-corrected chi connectivity index (χ2v) is 12.3. The number of carboxylic acid groups (broad SMARTS) is 1. The lowest BCUT2D eigenvalue weighted by Gasteiger charge is -2.51.